The van der Waals surface area contributed by atoms with Crippen molar-refractivity contribution >= 4 is 34.5 Å². The summed E-state index contributed by atoms with van der Waals surface area (Å²) in [5.41, 5.74) is 2.40. The van der Waals surface area contributed by atoms with Gasteiger partial charge in [-0.15, -0.1) is 11.3 Å². The van der Waals surface area contributed by atoms with E-state index in [1.54, 1.807) is 24.5 Å². The number of hydrogen-bond donors (Lipinski definition) is 1. The first-order chi connectivity index (χ1) is 10.6. The molecular formula is C16H12ClN3OS. The van der Waals surface area contributed by atoms with E-state index in [4.69, 9.17) is 11.6 Å². The third-order valence-electron chi connectivity index (χ3n) is 3.08. The summed E-state index contributed by atoms with van der Waals surface area (Å²) in [4.78, 5) is 21.4. The second-order valence-electron chi connectivity index (χ2n) is 4.69. The Kier molecular flexibility index (Phi) is 4.18. The number of hydrogen-bond acceptors (Lipinski definition) is 4. The molecule has 0 saturated heterocycles. The molecule has 3 aromatic rings. The maximum atomic E-state index is 12.1. The summed E-state index contributed by atoms with van der Waals surface area (Å²) in [7, 11) is 0. The zero-order valence-electron chi connectivity index (χ0n) is 11.7. The Hall–Kier alpha value is -2.24. The summed E-state index contributed by atoms with van der Waals surface area (Å²) in [6.07, 6.45) is 3.19. The minimum atomic E-state index is -0.143. The van der Waals surface area contributed by atoms with Gasteiger partial charge < -0.3 is 5.32 Å². The first-order valence-electron chi connectivity index (χ1n) is 6.57. The Morgan fingerprint density at radius 2 is 1.82 bits per heavy atom. The van der Waals surface area contributed by atoms with Crippen molar-refractivity contribution in [3.63, 3.8) is 0 Å². The van der Waals surface area contributed by atoms with Gasteiger partial charge in [0.15, 0.2) is 5.82 Å². The van der Waals surface area contributed by atoms with Crippen LogP contribution in [0, 0.1) is 6.92 Å². The van der Waals surface area contributed by atoms with Gasteiger partial charge in [0.1, 0.15) is 0 Å². The number of nitrogens with zero attached hydrogens (tertiary/aromatic N) is 2. The second kappa shape index (κ2) is 6.25. The number of aryl methyl sites for hydroxylation is 1. The molecule has 0 aliphatic rings. The van der Waals surface area contributed by atoms with Crippen molar-refractivity contribution in [3.05, 3.63) is 63.6 Å². The topological polar surface area (TPSA) is 54.9 Å². The molecule has 22 heavy (non-hydrogen) atoms. The summed E-state index contributed by atoms with van der Waals surface area (Å²) in [6.45, 7) is 1.91. The van der Waals surface area contributed by atoms with Gasteiger partial charge >= 0.3 is 0 Å². The summed E-state index contributed by atoms with van der Waals surface area (Å²) in [5, 5.41) is 5.36. The fourth-order valence-corrected chi connectivity index (χ4v) is 2.88. The number of aromatic nitrogens is 2. The highest BCUT2D eigenvalue weighted by atomic mass is 35.5. The predicted molar refractivity (Wildman–Crippen MR) is 89.5 cm³/mol. The van der Waals surface area contributed by atoms with Gasteiger partial charge in [-0.1, -0.05) is 11.6 Å². The molecule has 6 heteroatoms. The van der Waals surface area contributed by atoms with E-state index < -0.39 is 0 Å². The Bertz CT molecular complexity index is 797. The quantitative estimate of drug-likeness (QED) is 0.774. The number of carbonyl (C=O) groups excluding carboxylic acids is 1. The molecule has 0 saturated carbocycles. The highest BCUT2D eigenvalue weighted by molar-refractivity contribution is 7.12. The van der Waals surface area contributed by atoms with Crippen LogP contribution in [0.25, 0.3) is 11.4 Å². The maximum Gasteiger partial charge on any atom is 0.266 e. The van der Waals surface area contributed by atoms with Gasteiger partial charge in [0.2, 0.25) is 0 Å². The first-order valence-corrected chi connectivity index (χ1v) is 7.82. The maximum absolute atomic E-state index is 12.1. The number of thiophene rings is 1. The van der Waals surface area contributed by atoms with Crippen LogP contribution in [0.3, 0.4) is 0 Å². The average molecular weight is 330 g/mol. The number of anilines is 1. The second-order valence-corrected chi connectivity index (χ2v) is 6.04. The molecule has 2 aromatic heterocycles. The normalized spacial score (nSPS) is 10.5. The smallest absolute Gasteiger partial charge is 0.266 e. The van der Waals surface area contributed by atoms with Crippen LogP contribution in [-0.4, -0.2) is 15.9 Å². The lowest BCUT2D eigenvalue weighted by Crippen LogP contribution is -2.11. The van der Waals surface area contributed by atoms with E-state index in [1.807, 2.05) is 30.5 Å². The van der Waals surface area contributed by atoms with Crippen LogP contribution in [0.1, 0.15) is 15.2 Å². The average Bonchev–Trinajstić information content (AvgIpc) is 2.95. The molecule has 4 nitrogen and oxygen atoms in total. The van der Waals surface area contributed by atoms with Crippen LogP contribution in [0.15, 0.2) is 48.1 Å². The molecule has 0 bridgehead atoms. The number of benzene rings is 1. The molecule has 0 aliphatic carbocycles. The molecular weight excluding hydrogens is 318 g/mol. The lowest BCUT2D eigenvalue weighted by atomic mass is 10.2. The zero-order valence-corrected chi connectivity index (χ0v) is 13.3. The van der Waals surface area contributed by atoms with Crippen LogP contribution in [0.2, 0.25) is 5.02 Å². The van der Waals surface area contributed by atoms with Gasteiger partial charge in [-0.25, -0.2) is 9.97 Å². The fourth-order valence-electron chi connectivity index (χ4n) is 1.93. The number of halogens is 1. The lowest BCUT2D eigenvalue weighted by molar-refractivity contribution is 0.103. The number of carbonyl (C=O) groups is 1. The minimum Gasteiger partial charge on any atom is -0.319 e. The van der Waals surface area contributed by atoms with Gasteiger partial charge in [-0.2, -0.15) is 0 Å². The summed E-state index contributed by atoms with van der Waals surface area (Å²) < 4.78 is 0. The number of rotatable bonds is 3. The van der Waals surface area contributed by atoms with Gasteiger partial charge in [0.05, 0.1) is 23.0 Å². The Balaban J connectivity index is 1.76. The molecule has 0 spiro atoms. The van der Waals surface area contributed by atoms with E-state index in [2.05, 4.69) is 15.3 Å². The Morgan fingerprint density at radius 1 is 1.14 bits per heavy atom. The monoisotopic (exact) mass is 329 g/mol. The van der Waals surface area contributed by atoms with E-state index in [0.29, 0.717) is 21.4 Å². The summed E-state index contributed by atoms with van der Waals surface area (Å²) >= 11 is 7.27. The van der Waals surface area contributed by atoms with Gasteiger partial charge in [0.25, 0.3) is 5.91 Å². The molecule has 1 aromatic carbocycles. The van der Waals surface area contributed by atoms with Crippen LogP contribution in [-0.2, 0) is 0 Å². The van der Waals surface area contributed by atoms with Crippen LogP contribution < -0.4 is 5.32 Å². The van der Waals surface area contributed by atoms with E-state index in [1.165, 1.54) is 11.3 Å². The van der Waals surface area contributed by atoms with E-state index in [9.17, 15) is 4.79 Å². The van der Waals surface area contributed by atoms with Crippen molar-refractivity contribution in [2.24, 2.45) is 0 Å². The first kappa shape index (κ1) is 14.7. The molecule has 3 rings (SSSR count). The molecule has 1 N–H and O–H groups in total. The molecule has 0 fully saturated rings. The van der Waals surface area contributed by atoms with Crippen LogP contribution >= 0.6 is 22.9 Å². The number of amides is 1. The lowest BCUT2D eigenvalue weighted by Gasteiger charge is -2.05. The molecule has 110 valence electrons. The molecule has 0 unspecified atom stereocenters. The third kappa shape index (κ3) is 3.16. The molecule has 0 aliphatic heterocycles. The van der Waals surface area contributed by atoms with Crippen molar-refractivity contribution in [1.29, 1.82) is 0 Å². The number of nitrogens with one attached hydrogen (secondary N) is 1. The van der Waals surface area contributed by atoms with Crippen molar-refractivity contribution in [1.82, 2.24) is 9.97 Å². The molecule has 0 radical (unpaired) electrons. The Morgan fingerprint density at radius 3 is 2.41 bits per heavy atom. The van der Waals surface area contributed by atoms with E-state index in [0.717, 1.165) is 11.1 Å². The predicted octanol–water partition coefficient (Wildman–Crippen LogP) is 4.42. The third-order valence-corrected chi connectivity index (χ3v) is 4.35. The largest absolute Gasteiger partial charge is 0.319 e. The van der Waals surface area contributed by atoms with Gasteiger partial charge in [0, 0.05) is 10.6 Å². The highest BCUT2D eigenvalue weighted by Gasteiger charge is 2.11. The summed E-state index contributed by atoms with van der Waals surface area (Å²) in [6, 6.07) is 9.20. The molecule has 1 amide bonds. The van der Waals surface area contributed by atoms with Crippen molar-refractivity contribution in [2.45, 2.75) is 6.92 Å². The molecule has 2 heterocycles. The zero-order chi connectivity index (χ0) is 15.5. The van der Waals surface area contributed by atoms with Crippen molar-refractivity contribution in [2.75, 3.05) is 5.32 Å². The van der Waals surface area contributed by atoms with E-state index in [-0.39, 0.29) is 5.91 Å². The van der Waals surface area contributed by atoms with Crippen LogP contribution in [0.4, 0.5) is 5.69 Å². The van der Waals surface area contributed by atoms with E-state index >= 15 is 0 Å². The van der Waals surface area contributed by atoms with Gasteiger partial charge in [-0.05, 0) is 48.2 Å². The fraction of sp³-hybridized carbons (Fsp3) is 0.0625. The minimum absolute atomic E-state index is 0.143. The van der Waals surface area contributed by atoms with Crippen molar-refractivity contribution in [3.8, 4) is 11.4 Å². The molecule has 0 atom stereocenters. The van der Waals surface area contributed by atoms with Crippen molar-refractivity contribution < 1.29 is 4.79 Å². The standard InChI is InChI=1S/C16H12ClN3OS/c1-10-6-7-22-14(10)16(21)20-13-8-18-15(19-9-13)11-2-4-12(17)5-3-11/h2-9H,1H3,(H,20,21). The Labute approximate surface area is 136 Å². The summed E-state index contributed by atoms with van der Waals surface area (Å²) in [5.74, 6) is 0.442. The highest BCUT2D eigenvalue weighted by Crippen LogP contribution is 2.20. The SMILES string of the molecule is Cc1ccsc1C(=O)Nc1cnc(-c2ccc(Cl)cc2)nc1. The van der Waals surface area contributed by atoms with Crippen LogP contribution in [0.5, 0.6) is 0 Å². The van der Waals surface area contributed by atoms with Gasteiger partial charge in [-0.3, -0.25) is 4.79 Å².